The van der Waals surface area contributed by atoms with Crippen LogP contribution in [0.3, 0.4) is 0 Å². The number of thiazole rings is 1. The molecule has 1 aliphatic carbocycles. The van der Waals surface area contributed by atoms with Crippen LogP contribution in [0.4, 0.5) is 0 Å². The maximum Gasteiger partial charge on any atom is 0.223 e. The Hall–Kier alpha value is -1.43. The Kier molecular flexibility index (Phi) is 6.57. The van der Waals surface area contributed by atoms with Crippen LogP contribution < -0.4 is 11.1 Å². The zero-order valence-electron chi connectivity index (χ0n) is 12.9. The van der Waals surface area contributed by atoms with Gasteiger partial charge in [0.15, 0.2) is 0 Å². The Balaban J connectivity index is 0.00000192. The Labute approximate surface area is 146 Å². The fraction of sp³-hybridized carbons (Fsp3) is 0.412. The van der Waals surface area contributed by atoms with Gasteiger partial charge >= 0.3 is 0 Å². The number of nitrogens with two attached hydrogens (primary N) is 1. The van der Waals surface area contributed by atoms with Crippen LogP contribution in [0.5, 0.6) is 0 Å². The summed E-state index contributed by atoms with van der Waals surface area (Å²) in [4.78, 5) is 16.7. The van der Waals surface area contributed by atoms with Gasteiger partial charge in [-0.2, -0.15) is 0 Å². The standard InChI is InChI=1S/C17H21N3OS.ClH/c18-14-7-6-13(10-14)17(21)19-9-8-16-20-15(11-22-16)12-4-2-1-3-5-12;/h1-5,11,13-14H,6-10,18H2,(H,19,21);1H/t13-,14+;/m0./s1. The topological polar surface area (TPSA) is 68.0 Å². The summed E-state index contributed by atoms with van der Waals surface area (Å²) in [6, 6.07) is 10.3. The van der Waals surface area contributed by atoms with Crippen molar-refractivity contribution in [2.75, 3.05) is 6.54 Å². The summed E-state index contributed by atoms with van der Waals surface area (Å²) in [7, 11) is 0. The van der Waals surface area contributed by atoms with Crippen molar-refractivity contribution in [3.05, 3.63) is 40.7 Å². The van der Waals surface area contributed by atoms with E-state index in [0.29, 0.717) is 6.54 Å². The van der Waals surface area contributed by atoms with Gasteiger partial charge in [0.25, 0.3) is 0 Å². The lowest BCUT2D eigenvalue weighted by Crippen LogP contribution is -2.31. The van der Waals surface area contributed by atoms with Crippen LogP contribution in [-0.4, -0.2) is 23.5 Å². The lowest BCUT2D eigenvalue weighted by Gasteiger charge is -2.09. The predicted octanol–water partition coefficient (Wildman–Crippen LogP) is 3.02. The molecule has 1 saturated carbocycles. The number of rotatable bonds is 5. The molecule has 1 aliphatic rings. The van der Waals surface area contributed by atoms with E-state index in [0.717, 1.165) is 41.9 Å². The quantitative estimate of drug-likeness (QED) is 0.870. The number of halogens is 1. The molecule has 124 valence electrons. The Bertz CT molecular complexity index is 632. The largest absolute Gasteiger partial charge is 0.355 e. The average molecular weight is 352 g/mol. The lowest BCUT2D eigenvalue weighted by atomic mass is 10.1. The molecule has 6 heteroatoms. The average Bonchev–Trinajstić information content (AvgIpc) is 3.17. The van der Waals surface area contributed by atoms with Crippen molar-refractivity contribution in [1.29, 1.82) is 0 Å². The van der Waals surface area contributed by atoms with Crippen molar-refractivity contribution in [2.24, 2.45) is 11.7 Å². The van der Waals surface area contributed by atoms with Gasteiger partial charge in [0, 0.05) is 35.9 Å². The summed E-state index contributed by atoms with van der Waals surface area (Å²) in [5.74, 6) is 0.249. The second kappa shape index (κ2) is 8.43. The van der Waals surface area contributed by atoms with E-state index in [9.17, 15) is 4.79 Å². The molecule has 0 saturated heterocycles. The number of hydrogen-bond acceptors (Lipinski definition) is 4. The summed E-state index contributed by atoms with van der Waals surface area (Å²) < 4.78 is 0. The van der Waals surface area contributed by atoms with Gasteiger partial charge in [-0.3, -0.25) is 4.79 Å². The molecule has 23 heavy (non-hydrogen) atoms. The third-order valence-electron chi connectivity index (χ3n) is 4.10. The van der Waals surface area contributed by atoms with Gasteiger partial charge in [-0.25, -0.2) is 4.98 Å². The van der Waals surface area contributed by atoms with E-state index in [4.69, 9.17) is 5.73 Å². The van der Waals surface area contributed by atoms with Crippen LogP contribution in [0.25, 0.3) is 11.3 Å². The summed E-state index contributed by atoms with van der Waals surface area (Å²) in [5.41, 5.74) is 7.99. The number of carbonyl (C=O) groups excluding carboxylic acids is 1. The van der Waals surface area contributed by atoms with Crippen molar-refractivity contribution in [1.82, 2.24) is 10.3 Å². The SMILES string of the molecule is Cl.N[C@@H]1CC[C@H](C(=O)NCCc2nc(-c3ccccc3)cs2)C1. The highest BCUT2D eigenvalue weighted by Crippen LogP contribution is 2.24. The highest BCUT2D eigenvalue weighted by atomic mass is 35.5. The molecule has 1 amide bonds. The third kappa shape index (κ3) is 4.77. The first-order chi connectivity index (χ1) is 10.7. The fourth-order valence-electron chi connectivity index (χ4n) is 2.86. The summed E-state index contributed by atoms with van der Waals surface area (Å²) >= 11 is 1.65. The van der Waals surface area contributed by atoms with E-state index in [1.54, 1.807) is 11.3 Å². The molecule has 0 aliphatic heterocycles. The van der Waals surface area contributed by atoms with Crippen LogP contribution >= 0.6 is 23.7 Å². The van der Waals surface area contributed by atoms with Gasteiger partial charge < -0.3 is 11.1 Å². The Morgan fingerprint density at radius 1 is 1.30 bits per heavy atom. The molecule has 0 unspecified atom stereocenters. The molecular formula is C17H22ClN3OS. The fourth-order valence-corrected chi connectivity index (χ4v) is 3.67. The predicted molar refractivity (Wildman–Crippen MR) is 96.8 cm³/mol. The first-order valence-corrected chi connectivity index (χ1v) is 8.63. The maximum atomic E-state index is 12.0. The number of benzene rings is 1. The molecule has 4 nitrogen and oxygen atoms in total. The van der Waals surface area contributed by atoms with Gasteiger partial charge in [0.05, 0.1) is 10.7 Å². The van der Waals surface area contributed by atoms with Crippen molar-refractivity contribution >= 4 is 29.7 Å². The van der Waals surface area contributed by atoms with Crippen molar-refractivity contribution in [3.8, 4) is 11.3 Å². The summed E-state index contributed by atoms with van der Waals surface area (Å²) in [6.07, 6.45) is 3.48. The zero-order chi connectivity index (χ0) is 15.4. The van der Waals surface area contributed by atoms with Crippen molar-refractivity contribution < 1.29 is 4.79 Å². The van der Waals surface area contributed by atoms with E-state index in [1.807, 2.05) is 18.2 Å². The molecule has 1 aromatic heterocycles. The minimum atomic E-state index is 0. The minimum Gasteiger partial charge on any atom is -0.355 e. The van der Waals surface area contributed by atoms with Crippen LogP contribution in [-0.2, 0) is 11.2 Å². The number of amides is 1. The normalized spacial score (nSPS) is 20.0. The number of carbonyl (C=O) groups is 1. The molecule has 0 spiro atoms. The van der Waals surface area contributed by atoms with E-state index in [2.05, 4.69) is 27.8 Å². The Morgan fingerprint density at radius 3 is 2.78 bits per heavy atom. The molecule has 2 atom stereocenters. The lowest BCUT2D eigenvalue weighted by molar-refractivity contribution is -0.124. The maximum absolute atomic E-state index is 12.0. The minimum absolute atomic E-state index is 0. The van der Waals surface area contributed by atoms with Crippen LogP contribution in [0.1, 0.15) is 24.3 Å². The zero-order valence-corrected chi connectivity index (χ0v) is 14.5. The van der Waals surface area contributed by atoms with Gasteiger partial charge in [0.2, 0.25) is 5.91 Å². The molecule has 0 radical (unpaired) electrons. The van der Waals surface area contributed by atoms with Crippen LogP contribution in [0, 0.1) is 5.92 Å². The molecule has 1 heterocycles. The molecule has 3 N–H and O–H groups in total. The van der Waals surface area contributed by atoms with Crippen LogP contribution in [0.2, 0.25) is 0 Å². The smallest absolute Gasteiger partial charge is 0.223 e. The van der Waals surface area contributed by atoms with E-state index < -0.39 is 0 Å². The first kappa shape index (κ1) is 17.9. The summed E-state index contributed by atoms with van der Waals surface area (Å²) in [6.45, 7) is 0.645. The van der Waals surface area contributed by atoms with Gasteiger partial charge in [0.1, 0.15) is 0 Å². The molecule has 0 bridgehead atoms. The van der Waals surface area contributed by atoms with Gasteiger partial charge in [-0.05, 0) is 19.3 Å². The highest BCUT2D eigenvalue weighted by Gasteiger charge is 2.27. The van der Waals surface area contributed by atoms with Crippen molar-refractivity contribution in [3.63, 3.8) is 0 Å². The van der Waals surface area contributed by atoms with Crippen molar-refractivity contribution in [2.45, 2.75) is 31.7 Å². The second-order valence-electron chi connectivity index (χ2n) is 5.80. The summed E-state index contributed by atoms with van der Waals surface area (Å²) in [5, 5.41) is 6.14. The van der Waals surface area contributed by atoms with Gasteiger partial charge in [-0.1, -0.05) is 30.3 Å². The molecule has 3 rings (SSSR count). The van der Waals surface area contributed by atoms with Gasteiger partial charge in [-0.15, -0.1) is 23.7 Å². The number of aromatic nitrogens is 1. The number of nitrogens with one attached hydrogen (secondary N) is 1. The molecule has 2 aromatic rings. The Morgan fingerprint density at radius 2 is 2.09 bits per heavy atom. The van der Waals surface area contributed by atoms with E-state index >= 15 is 0 Å². The monoisotopic (exact) mass is 351 g/mol. The molecular weight excluding hydrogens is 330 g/mol. The third-order valence-corrected chi connectivity index (χ3v) is 5.01. The molecule has 1 aromatic carbocycles. The van der Waals surface area contributed by atoms with E-state index in [-0.39, 0.29) is 30.3 Å². The van der Waals surface area contributed by atoms with E-state index in [1.165, 1.54) is 0 Å². The molecule has 1 fully saturated rings. The first-order valence-electron chi connectivity index (χ1n) is 7.75. The number of nitrogens with zero attached hydrogens (tertiary/aromatic N) is 1. The number of hydrogen-bond donors (Lipinski definition) is 2. The second-order valence-corrected chi connectivity index (χ2v) is 6.75. The highest BCUT2D eigenvalue weighted by molar-refractivity contribution is 7.09. The van der Waals surface area contributed by atoms with Crippen LogP contribution in [0.15, 0.2) is 35.7 Å².